The Morgan fingerprint density at radius 2 is 2.05 bits per heavy atom. The minimum absolute atomic E-state index is 0.370. The van der Waals surface area contributed by atoms with Crippen LogP contribution in [0.1, 0.15) is 30.1 Å². The number of nitrogens with two attached hydrogens (primary N) is 1. The number of esters is 1. The first-order chi connectivity index (χ1) is 8.93. The summed E-state index contributed by atoms with van der Waals surface area (Å²) in [6.07, 6.45) is 1.38. The minimum Gasteiger partial charge on any atom is -0.465 e. The van der Waals surface area contributed by atoms with Gasteiger partial charge in [0.05, 0.1) is 29.6 Å². The van der Waals surface area contributed by atoms with Crippen molar-refractivity contribution in [3.8, 4) is 0 Å². The maximum absolute atomic E-state index is 11.5. The number of nitrogens with zero attached hydrogens (tertiary/aromatic N) is 1. The number of ether oxygens (including phenoxy) is 1. The summed E-state index contributed by atoms with van der Waals surface area (Å²) in [7, 11) is 1.36. The summed E-state index contributed by atoms with van der Waals surface area (Å²) in [5, 5.41) is 9.96. The number of hydrogen-bond donors (Lipinski definition) is 2. The smallest absolute Gasteiger partial charge is 0.337 e. The quantitative estimate of drug-likeness (QED) is 0.624. The number of nitrogen functional groups attached to an aromatic ring is 1. The fourth-order valence-corrected chi connectivity index (χ4v) is 2.29. The van der Waals surface area contributed by atoms with Crippen molar-refractivity contribution in [1.29, 1.82) is 0 Å². The van der Waals surface area contributed by atoms with E-state index in [4.69, 9.17) is 10.5 Å². The molecule has 0 spiro atoms. The molecule has 0 unspecified atom stereocenters. The van der Waals surface area contributed by atoms with Crippen molar-refractivity contribution in [2.75, 3.05) is 30.8 Å². The fourth-order valence-electron chi connectivity index (χ4n) is 2.29. The molecule has 5 nitrogen and oxygen atoms in total. The largest absolute Gasteiger partial charge is 0.465 e. The van der Waals surface area contributed by atoms with E-state index in [-0.39, 0.29) is 5.97 Å². The normalized spacial score (nSPS) is 18.2. The second-order valence-electron chi connectivity index (χ2n) is 5.25. The Morgan fingerprint density at radius 1 is 1.42 bits per heavy atom. The van der Waals surface area contributed by atoms with Gasteiger partial charge in [-0.25, -0.2) is 4.79 Å². The van der Waals surface area contributed by atoms with Crippen molar-refractivity contribution in [3.05, 3.63) is 23.8 Å². The first-order valence-corrected chi connectivity index (χ1v) is 6.38. The Kier molecular flexibility index (Phi) is 3.66. The number of rotatable bonds is 2. The molecule has 1 aliphatic heterocycles. The molecule has 1 saturated heterocycles. The Bertz CT molecular complexity index is 476. The van der Waals surface area contributed by atoms with Crippen LogP contribution in [-0.4, -0.2) is 36.9 Å². The van der Waals surface area contributed by atoms with E-state index in [2.05, 4.69) is 4.90 Å². The molecule has 1 heterocycles. The summed E-state index contributed by atoms with van der Waals surface area (Å²) in [5.41, 5.74) is 7.32. The molecule has 1 aliphatic rings. The van der Waals surface area contributed by atoms with E-state index >= 15 is 0 Å². The van der Waals surface area contributed by atoms with Crippen LogP contribution in [0, 0.1) is 0 Å². The van der Waals surface area contributed by atoms with Crippen LogP contribution in [0.25, 0.3) is 0 Å². The number of hydrogen-bond acceptors (Lipinski definition) is 5. The van der Waals surface area contributed by atoms with E-state index in [1.165, 1.54) is 7.11 Å². The number of anilines is 2. The third-order valence-corrected chi connectivity index (χ3v) is 3.63. The SMILES string of the molecule is COC(=O)c1ccc(N)c(N2CCC(C)(O)CC2)c1. The van der Waals surface area contributed by atoms with Gasteiger partial charge in [0, 0.05) is 13.1 Å². The Balaban J connectivity index is 2.22. The van der Waals surface area contributed by atoms with Crippen molar-refractivity contribution >= 4 is 17.3 Å². The lowest BCUT2D eigenvalue weighted by Crippen LogP contribution is -2.42. The molecule has 0 amide bonds. The van der Waals surface area contributed by atoms with E-state index in [1.807, 2.05) is 6.92 Å². The molecule has 0 radical (unpaired) electrons. The summed E-state index contributed by atoms with van der Waals surface area (Å²) in [5.74, 6) is -0.370. The molecule has 1 fully saturated rings. The summed E-state index contributed by atoms with van der Waals surface area (Å²) in [6, 6.07) is 5.13. The van der Waals surface area contributed by atoms with E-state index in [0.29, 0.717) is 24.1 Å². The second-order valence-corrected chi connectivity index (χ2v) is 5.25. The number of carbonyl (C=O) groups excluding carboxylic acids is 1. The molecule has 1 aromatic carbocycles. The summed E-state index contributed by atoms with van der Waals surface area (Å²) in [4.78, 5) is 13.6. The molecule has 0 saturated carbocycles. The van der Waals surface area contributed by atoms with E-state index < -0.39 is 5.60 Å². The number of methoxy groups -OCH3 is 1. The topological polar surface area (TPSA) is 75.8 Å². The predicted octanol–water partition coefficient (Wildman–Crippen LogP) is 1.41. The zero-order valence-electron chi connectivity index (χ0n) is 11.3. The summed E-state index contributed by atoms with van der Waals surface area (Å²) < 4.78 is 4.71. The number of benzene rings is 1. The Labute approximate surface area is 113 Å². The van der Waals surface area contributed by atoms with Gasteiger partial charge < -0.3 is 20.5 Å². The predicted molar refractivity (Wildman–Crippen MR) is 74.3 cm³/mol. The van der Waals surface area contributed by atoms with Gasteiger partial charge in [0.15, 0.2) is 0 Å². The van der Waals surface area contributed by atoms with Gasteiger partial charge in [0.1, 0.15) is 0 Å². The van der Waals surface area contributed by atoms with Crippen molar-refractivity contribution in [2.24, 2.45) is 0 Å². The highest BCUT2D eigenvalue weighted by Crippen LogP contribution is 2.30. The number of carbonyl (C=O) groups is 1. The molecule has 5 heteroatoms. The maximum atomic E-state index is 11.5. The summed E-state index contributed by atoms with van der Waals surface area (Å²) >= 11 is 0. The lowest BCUT2D eigenvalue weighted by Gasteiger charge is -2.37. The van der Waals surface area contributed by atoms with Crippen LogP contribution >= 0.6 is 0 Å². The average molecular weight is 264 g/mol. The van der Waals surface area contributed by atoms with Crippen molar-refractivity contribution < 1.29 is 14.6 Å². The van der Waals surface area contributed by atoms with Crippen LogP contribution in [0.4, 0.5) is 11.4 Å². The molecule has 0 aromatic heterocycles. The lowest BCUT2D eigenvalue weighted by molar-refractivity contribution is 0.0351. The third-order valence-electron chi connectivity index (χ3n) is 3.63. The first kappa shape index (κ1) is 13.7. The minimum atomic E-state index is -0.606. The third kappa shape index (κ3) is 2.98. The van der Waals surface area contributed by atoms with Gasteiger partial charge >= 0.3 is 5.97 Å². The lowest BCUT2D eigenvalue weighted by atomic mass is 9.93. The van der Waals surface area contributed by atoms with Gasteiger partial charge in [0.25, 0.3) is 0 Å². The van der Waals surface area contributed by atoms with Gasteiger partial charge in [-0.05, 0) is 38.0 Å². The number of aliphatic hydroxyl groups is 1. The Morgan fingerprint density at radius 3 is 2.63 bits per heavy atom. The van der Waals surface area contributed by atoms with Crippen molar-refractivity contribution in [1.82, 2.24) is 0 Å². The monoisotopic (exact) mass is 264 g/mol. The first-order valence-electron chi connectivity index (χ1n) is 6.38. The Hall–Kier alpha value is -1.75. The molecule has 1 aromatic rings. The van der Waals surface area contributed by atoms with E-state index in [9.17, 15) is 9.90 Å². The summed E-state index contributed by atoms with van der Waals surface area (Å²) in [6.45, 7) is 3.29. The van der Waals surface area contributed by atoms with Gasteiger partial charge in [-0.15, -0.1) is 0 Å². The average Bonchev–Trinajstić information content (AvgIpc) is 2.39. The van der Waals surface area contributed by atoms with Crippen LogP contribution in [0.2, 0.25) is 0 Å². The molecule has 3 N–H and O–H groups in total. The molecule has 104 valence electrons. The highest BCUT2D eigenvalue weighted by molar-refractivity contribution is 5.92. The highest BCUT2D eigenvalue weighted by atomic mass is 16.5. The van der Waals surface area contributed by atoms with Gasteiger partial charge in [-0.1, -0.05) is 0 Å². The zero-order chi connectivity index (χ0) is 14.0. The van der Waals surface area contributed by atoms with Gasteiger partial charge in [0.2, 0.25) is 0 Å². The standard InChI is InChI=1S/C14H20N2O3/c1-14(18)5-7-16(8-6-14)12-9-10(13(17)19-2)3-4-11(12)15/h3-4,9,18H,5-8,15H2,1-2H3. The molecule has 0 aliphatic carbocycles. The van der Waals surface area contributed by atoms with Gasteiger partial charge in [-0.2, -0.15) is 0 Å². The molecule has 2 rings (SSSR count). The van der Waals surface area contributed by atoms with Crippen LogP contribution < -0.4 is 10.6 Å². The van der Waals surface area contributed by atoms with Crippen LogP contribution in [-0.2, 0) is 4.74 Å². The number of piperidine rings is 1. The van der Waals surface area contributed by atoms with E-state index in [1.54, 1.807) is 18.2 Å². The zero-order valence-corrected chi connectivity index (χ0v) is 11.3. The highest BCUT2D eigenvalue weighted by Gasteiger charge is 2.28. The fraction of sp³-hybridized carbons (Fsp3) is 0.500. The van der Waals surface area contributed by atoms with Crippen molar-refractivity contribution in [3.63, 3.8) is 0 Å². The van der Waals surface area contributed by atoms with Crippen LogP contribution in [0.5, 0.6) is 0 Å². The van der Waals surface area contributed by atoms with Crippen LogP contribution in [0.3, 0.4) is 0 Å². The molecule has 0 atom stereocenters. The van der Waals surface area contributed by atoms with Crippen LogP contribution in [0.15, 0.2) is 18.2 Å². The molecule has 0 bridgehead atoms. The molecule has 19 heavy (non-hydrogen) atoms. The molecular weight excluding hydrogens is 244 g/mol. The van der Waals surface area contributed by atoms with E-state index in [0.717, 1.165) is 18.8 Å². The second kappa shape index (κ2) is 5.09. The maximum Gasteiger partial charge on any atom is 0.337 e. The van der Waals surface area contributed by atoms with Gasteiger partial charge in [-0.3, -0.25) is 0 Å². The molecular formula is C14H20N2O3. The van der Waals surface area contributed by atoms with Crippen molar-refractivity contribution in [2.45, 2.75) is 25.4 Å².